The average molecular weight is 307 g/mol. The van der Waals surface area contributed by atoms with Gasteiger partial charge in [-0.25, -0.2) is 26.5 Å². The van der Waals surface area contributed by atoms with Crippen LogP contribution in [0.25, 0.3) is 0 Å². The van der Waals surface area contributed by atoms with Gasteiger partial charge in [0.25, 0.3) is 0 Å². The molecule has 0 atom stereocenters. The Morgan fingerprint density at radius 2 is 1.95 bits per heavy atom. The number of aromatic nitrogens is 1. The van der Waals surface area contributed by atoms with E-state index < -0.39 is 19.9 Å². The van der Waals surface area contributed by atoms with Crippen LogP contribution in [0.1, 0.15) is 6.92 Å². The Labute approximate surface area is 113 Å². The van der Waals surface area contributed by atoms with Crippen LogP contribution >= 0.6 is 0 Å². The van der Waals surface area contributed by atoms with Gasteiger partial charge in [-0.05, 0) is 13.0 Å². The van der Waals surface area contributed by atoms with Crippen LogP contribution in [-0.2, 0) is 19.9 Å². The first-order chi connectivity index (χ1) is 8.74. The van der Waals surface area contributed by atoms with Crippen molar-refractivity contribution in [3.8, 4) is 0 Å². The average Bonchev–Trinajstić information content (AvgIpc) is 2.28. The van der Waals surface area contributed by atoms with E-state index in [9.17, 15) is 16.8 Å². The van der Waals surface area contributed by atoms with Crippen LogP contribution in [-0.4, -0.2) is 46.9 Å². The molecule has 2 N–H and O–H groups in total. The highest BCUT2D eigenvalue weighted by molar-refractivity contribution is 7.91. The van der Waals surface area contributed by atoms with Gasteiger partial charge in [0, 0.05) is 31.6 Å². The fourth-order valence-corrected chi connectivity index (χ4v) is 2.95. The maximum atomic E-state index is 11.9. The Morgan fingerprint density at radius 1 is 1.26 bits per heavy atom. The highest BCUT2D eigenvalue weighted by Gasteiger charge is 2.15. The minimum Gasteiger partial charge on any atom is -0.370 e. The van der Waals surface area contributed by atoms with E-state index in [2.05, 4.69) is 15.0 Å². The molecule has 0 unspecified atom stereocenters. The molecule has 19 heavy (non-hydrogen) atoms. The van der Waals surface area contributed by atoms with E-state index in [1.54, 1.807) is 0 Å². The van der Waals surface area contributed by atoms with Gasteiger partial charge in [-0.1, -0.05) is 0 Å². The van der Waals surface area contributed by atoms with E-state index in [0.717, 1.165) is 6.26 Å². The Morgan fingerprint density at radius 3 is 2.53 bits per heavy atom. The second-order valence-corrected chi connectivity index (χ2v) is 7.96. The molecule has 1 aromatic rings. The molecule has 0 aliphatic carbocycles. The first-order valence-corrected chi connectivity index (χ1v) is 9.16. The SMILES string of the molecule is CCNc1cc(S(=O)(=O)NCCS(C)(=O)=O)ccn1. The van der Waals surface area contributed by atoms with E-state index in [1.165, 1.54) is 18.3 Å². The van der Waals surface area contributed by atoms with Gasteiger partial charge in [-0.2, -0.15) is 0 Å². The first kappa shape index (κ1) is 15.9. The number of hydrogen-bond donors (Lipinski definition) is 2. The fraction of sp³-hybridized carbons (Fsp3) is 0.500. The van der Waals surface area contributed by atoms with Gasteiger partial charge in [-0.15, -0.1) is 0 Å². The lowest BCUT2D eigenvalue weighted by Crippen LogP contribution is -2.29. The van der Waals surface area contributed by atoms with Crippen LogP contribution in [0, 0.1) is 0 Å². The maximum Gasteiger partial charge on any atom is 0.240 e. The van der Waals surface area contributed by atoms with E-state index >= 15 is 0 Å². The van der Waals surface area contributed by atoms with Gasteiger partial charge in [-0.3, -0.25) is 0 Å². The van der Waals surface area contributed by atoms with Crippen LogP contribution in [0.3, 0.4) is 0 Å². The van der Waals surface area contributed by atoms with Crippen molar-refractivity contribution in [1.82, 2.24) is 9.71 Å². The summed E-state index contributed by atoms with van der Waals surface area (Å²) in [5, 5.41) is 2.90. The van der Waals surface area contributed by atoms with Gasteiger partial charge in [0.2, 0.25) is 10.0 Å². The van der Waals surface area contributed by atoms with Crippen LogP contribution < -0.4 is 10.0 Å². The highest BCUT2D eigenvalue weighted by Crippen LogP contribution is 2.12. The number of hydrogen-bond acceptors (Lipinski definition) is 6. The van der Waals surface area contributed by atoms with E-state index in [0.29, 0.717) is 12.4 Å². The Bertz CT molecular complexity index is 626. The van der Waals surface area contributed by atoms with Gasteiger partial charge in [0.1, 0.15) is 15.7 Å². The number of nitrogens with zero attached hydrogens (tertiary/aromatic N) is 1. The molecule has 108 valence electrons. The second kappa shape index (κ2) is 6.31. The monoisotopic (exact) mass is 307 g/mol. The van der Waals surface area contributed by atoms with Crippen LogP contribution in [0.2, 0.25) is 0 Å². The topological polar surface area (TPSA) is 105 Å². The molecular weight excluding hydrogens is 290 g/mol. The van der Waals surface area contributed by atoms with E-state index in [4.69, 9.17) is 0 Å². The van der Waals surface area contributed by atoms with Crippen LogP contribution in [0.4, 0.5) is 5.82 Å². The molecule has 0 aliphatic heterocycles. The molecule has 0 radical (unpaired) electrons. The summed E-state index contributed by atoms with van der Waals surface area (Å²) in [5.41, 5.74) is 0. The smallest absolute Gasteiger partial charge is 0.240 e. The quantitative estimate of drug-likeness (QED) is 0.725. The minimum absolute atomic E-state index is 0.0481. The third-order valence-electron chi connectivity index (χ3n) is 2.16. The molecule has 0 fully saturated rings. The molecule has 9 heteroatoms. The molecule has 0 aromatic carbocycles. The predicted octanol–water partition coefficient (Wildman–Crippen LogP) is -0.164. The molecule has 1 aromatic heterocycles. The number of anilines is 1. The second-order valence-electron chi connectivity index (χ2n) is 3.93. The Hall–Kier alpha value is -1.19. The molecule has 0 saturated carbocycles. The number of rotatable bonds is 7. The number of sulfonamides is 1. The number of sulfone groups is 1. The van der Waals surface area contributed by atoms with Gasteiger partial charge >= 0.3 is 0 Å². The van der Waals surface area contributed by atoms with Crippen molar-refractivity contribution >= 4 is 25.7 Å². The number of nitrogens with one attached hydrogen (secondary N) is 2. The van der Waals surface area contributed by atoms with E-state index in [1.807, 2.05) is 6.92 Å². The molecule has 1 heterocycles. The minimum atomic E-state index is -3.72. The first-order valence-electron chi connectivity index (χ1n) is 5.62. The Kier molecular flexibility index (Phi) is 5.27. The normalized spacial score (nSPS) is 12.3. The van der Waals surface area contributed by atoms with Crippen molar-refractivity contribution < 1.29 is 16.8 Å². The number of pyridine rings is 1. The molecule has 0 aliphatic rings. The van der Waals surface area contributed by atoms with Crippen molar-refractivity contribution in [2.24, 2.45) is 0 Å². The summed E-state index contributed by atoms with van der Waals surface area (Å²) < 4.78 is 47.9. The van der Waals surface area contributed by atoms with Gasteiger partial charge < -0.3 is 5.32 Å². The molecule has 7 nitrogen and oxygen atoms in total. The summed E-state index contributed by atoms with van der Waals surface area (Å²) >= 11 is 0. The summed E-state index contributed by atoms with van der Waals surface area (Å²) in [6, 6.07) is 2.75. The molecular formula is C10H17N3O4S2. The fourth-order valence-electron chi connectivity index (χ4n) is 1.30. The summed E-state index contributed by atoms with van der Waals surface area (Å²) in [7, 11) is -6.92. The zero-order valence-corrected chi connectivity index (χ0v) is 12.4. The van der Waals surface area contributed by atoms with Crippen molar-refractivity contribution in [1.29, 1.82) is 0 Å². The third-order valence-corrected chi connectivity index (χ3v) is 4.57. The van der Waals surface area contributed by atoms with Crippen molar-refractivity contribution in [2.45, 2.75) is 11.8 Å². The summed E-state index contributed by atoms with van der Waals surface area (Å²) in [5.74, 6) is 0.214. The highest BCUT2D eigenvalue weighted by atomic mass is 32.2. The molecule has 0 amide bonds. The van der Waals surface area contributed by atoms with Gasteiger partial charge in [0.05, 0.1) is 10.6 Å². The van der Waals surface area contributed by atoms with Crippen LogP contribution in [0.15, 0.2) is 23.2 Å². The summed E-state index contributed by atoms with van der Waals surface area (Å²) in [4.78, 5) is 4.01. The summed E-state index contributed by atoms with van der Waals surface area (Å²) in [6.07, 6.45) is 2.43. The van der Waals surface area contributed by atoms with E-state index in [-0.39, 0.29) is 17.2 Å². The molecule has 0 bridgehead atoms. The van der Waals surface area contributed by atoms with Crippen molar-refractivity contribution in [2.75, 3.05) is 30.4 Å². The lowest BCUT2D eigenvalue weighted by atomic mass is 10.4. The Balaban J connectivity index is 2.79. The molecule has 1 rings (SSSR count). The van der Waals surface area contributed by atoms with Crippen LogP contribution in [0.5, 0.6) is 0 Å². The predicted molar refractivity (Wildman–Crippen MR) is 73.3 cm³/mol. The zero-order chi connectivity index (χ0) is 14.5. The standard InChI is InChI=1S/C10H17N3O4S2/c1-3-11-10-8-9(4-5-12-10)19(16,17)13-6-7-18(2,14)15/h4-5,8,13H,3,6-7H2,1-2H3,(H,11,12). The summed E-state index contributed by atoms with van der Waals surface area (Å²) in [6.45, 7) is 2.34. The lowest BCUT2D eigenvalue weighted by molar-refractivity contribution is 0.582. The zero-order valence-electron chi connectivity index (χ0n) is 10.8. The van der Waals surface area contributed by atoms with Crippen molar-refractivity contribution in [3.63, 3.8) is 0 Å². The molecule has 0 saturated heterocycles. The lowest BCUT2D eigenvalue weighted by Gasteiger charge is -2.08. The molecule has 0 spiro atoms. The largest absolute Gasteiger partial charge is 0.370 e. The van der Waals surface area contributed by atoms with Crippen molar-refractivity contribution in [3.05, 3.63) is 18.3 Å². The van der Waals surface area contributed by atoms with Gasteiger partial charge in [0.15, 0.2) is 0 Å². The third kappa shape index (κ3) is 5.53. The maximum absolute atomic E-state index is 11.9.